The maximum Gasteiger partial charge on any atom is 0.217 e. The van der Waals surface area contributed by atoms with E-state index < -0.39 is 12.3 Å². The van der Waals surface area contributed by atoms with Crippen LogP contribution in [0.15, 0.2) is 48.5 Å². The van der Waals surface area contributed by atoms with Gasteiger partial charge in [0.05, 0.1) is 25.9 Å². The Morgan fingerprint density at radius 1 is 1.11 bits per heavy atom. The van der Waals surface area contributed by atoms with Crippen LogP contribution in [0.2, 0.25) is 0 Å². The molecule has 7 heteroatoms. The number of hydrogen-bond donors (Lipinski definition) is 3. The molecule has 0 aliphatic rings. The number of nitrogens with one attached hydrogen (secondary N) is 2. The quantitative estimate of drug-likeness (QED) is 0.512. The van der Waals surface area contributed by atoms with Crippen molar-refractivity contribution >= 4 is 5.91 Å². The van der Waals surface area contributed by atoms with Crippen LogP contribution in [0.1, 0.15) is 23.6 Å². The summed E-state index contributed by atoms with van der Waals surface area (Å²) in [6, 6.07) is 13.6. The van der Waals surface area contributed by atoms with E-state index in [1.165, 1.54) is 26.2 Å². The van der Waals surface area contributed by atoms with E-state index in [2.05, 4.69) is 10.6 Å². The summed E-state index contributed by atoms with van der Waals surface area (Å²) in [6.07, 6.45) is -0.932. The third-order valence-electron chi connectivity index (χ3n) is 4.08. The summed E-state index contributed by atoms with van der Waals surface area (Å²) in [4.78, 5) is 11.2. The zero-order chi connectivity index (χ0) is 20.4. The standard InChI is InChI=1S/C21H27FN2O4/c1-15(25)24-20(14-27-2)21(26)23-11-16-6-8-17(9-7-16)12-28-13-18-4-3-5-19(22)10-18/h3-10,20-21,23,26H,11-14H2,1-2H3,(H,24,25). The highest BCUT2D eigenvalue weighted by Gasteiger charge is 2.19. The summed E-state index contributed by atoms with van der Waals surface area (Å²) < 4.78 is 23.8. The molecule has 1 amide bonds. The SMILES string of the molecule is COCC(NC(C)=O)C(O)NCc1ccc(COCc2cccc(F)c2)cc1. The first-order chi connectivity index (χ1) is 13.5. The van der Waals surface area contributed by atoms with E-state index in [9.17, 15) is 14.3 Å². The van der Waals surface area contributed by atoms with Crippen LogP contribution in [0.3, 0.4) is 0 Å². The number of benzene rings is 2. The molecule has 0 saturated carbocycles. The molecule has 0 aliphatic heterocycles. The number of aliphatic hydroxyl groups excluding tert-OH is 1. The van der Waals surface area contributed by atoms with Crippen molar-refractivity contribution in [1.29, 1.82) is 0 Å². The molecule has 2 aromatic carbocycles. The highest BCUT2D eigenvalue weighted by molar-refractivity contribution is 5.73. The van der Waals surface area contributed by atoms with E-state index >= 15 is 0 Å². The normalized spacial score (nSPS) is 13.1. The van der Waals surface area contributed by atoms with Gasteiger partial charge in [-0.3, -0.25) is 10.1 Å². The fraction of sp³-hybridized carbons (Fsp3) is 0.381. The Morgan fingerprint density at radius 3 is 2.43 bits per heavy atom. The van der Waals surface area contributed by atoms with E-state index in [-0.39, 0.29) is 18.3 Å². The molecule has 2 atom stereocenters. The van der Waals surface area contributed by atoms with Gasteiger partial charge in [-0.2, -0.15) is 0 Å². The minimum Gasteiger partial charge on any atom is -0.382 e. The summed E-state index contributed by atoms with van der Waals surface area (Å²) >= 11 is 0. The molecular formula is C21H27FN2O4. The van der Waals surface area contributed by atoms with Crippen molar-refractivity contribution in [3.05, 3.63) is 71.0 Å². The van der Waals surface area contributed by atoms with Crippen molar-refractivity contribution in [3.63, 3.8) is 0 Å². The molecule has 0 aliphatic carbocycles. The van der Waals surface area contributed by atoms with Crippen LogP contribution in [-0.2, 0) is 34.0 Å². The summed E-state index contributed by atoms with van der Waals surface area (Å²) in [5.41, 5.74) is 2.77. The van der Waals surface area contributed by atoms with Crippen molar-refractivity contribution in [2.45, 2.75) is 39.0 Å². The Labute approximate surface area is 164 Å². The molecule has 28 heavy (non-hydrogen) atoms. The van der Waals surface area contributed by atoms with E-state index in [4.69, 9.17) is 9.47 Å². The Balaban J connectivity index is 1.77. The second-order valence-corrected chi connectivity index (χ2v) is 6.53. The molecule has 0 bridgehead atoms. The largest absolute Gasteiger partial charge is 0.382 e. The third kappa shape index (κ3) is 7.74. The Bertz CT molecular complexity index is 739. The van der Waals surface area contributed by atoms with Gasteiger partial charge in [-0.1, -0.05) is 36.4 Å². The van der Waals surface area contributed by atoms with Gasteiger partial charge < -0.3 is 19.9 Å². The van der Waals surface area contributed by atoms with Crippen LogP contribution in [0, 0.1) is 5.82 Å². The molecule has 0 heterocycles. The number of carbonyl (C=O) groups is 1. The van der Waals surface area contributed by atoms with Crippen molar-refractivity contribution in [1.82, 2.24) is 10.6 Å². The molecular weight excluding hydrogens is 363 g/mol. The number of hydrogen-bond acceptors (Lipinski definition) is 5. The predicted molar refractivity (Wildman–Crippen MR) is 104 cm³/mol. The lowest BCUT2D eigenvalue weighted by Gasteiger charge is -2.24. The van der Waals surface area contributed by atoms with E-state index in [0.717, 1.165) is 16.7 Å². The van der Waals surface area contributed by atoms with Crippen LogP contribution in [0.4, 0.5) is 4.39 Å². The lowest BCUT2D eigenvalue weighted by atomic mass is 10.1. The Morgan fingerprint density at radius 2 is 1.79 bits per heavy atom. The minimum atomic E-state index is -0.932. The predicted octanol–water partition coefficient (Wildman–Crippen LogP) is 2.10. The molecule has 0 aromatic heterocycles. The van der Waals surface area contributed by atoms with Crippen LogP contribution in [0.5, 0.6) is 0 Å². The lowest BCUT2D eigenvalue weighted by Crippen LogP contribution is -2.51. The average Bonchev–Trinajstić information content (AvgIpc) is 2.66. The van der Waals surface area contributed by atoms with Crippen LogP contribution < -0.4 is 10.6 Å². The van der Waals surface area contributed by atoms with Gasteiger partial charge in [-0.05, 0) is 28.8 Å². The van der Waals surface area contributed by atoms with Gasteiger partial charge in [0.1, 0.15) is 12.0 Å². The number of methoxy groups -OCH3 is 1. The molecule has 0 spiro atoms. The first-order valence-electron chi connectivity index (χ1n) is 9.05. The number of halogens is 1. The fourth-order valence-electron chi connectivity index (χ4n) is 2.68. The number of amides is 1. The molecule has 0 fully saturated rings. The Kier molecular flexibility index (Phi) is 9.03. The first kappa shape index (κ1) is 22.0. The van der Waals surface area contributed by atoms with Crippen LogP contribution >= 0.6 is 0 Å². The zero-order valence-corrected chi connectivity index (χ0v) is 16.2. The molecule has 0 saturated heterocycles. The van der Waals surface area contributed by atoms with E-state index in [1.54, 1.807) is 6.07 Å². The van der Waals surface area contributed by atoms with Crippen molar-refractivity contribution in [2.75, 3.05) is 13.7 Å². The van der Waals surface area contributed by atoms with E-state index in [1.807, 2.05) is 30.3 Å². The monoisotopic (exact) mass is 390 g/mol. The third-order valence-corrected chi connectivity index (χ3v) is 4.08. The summed E-state index contributed by atoms with van der Waals surface area (Å²) in [6.45, 7) is 2.80. The number of ether oxygens (including phenoxy) is 2. The van der Waals surface area contributed by atoms with Crippen molar-refractivity contribution < 1.29 is 23.8 Å². The van der Waals surface area contributed by atoms with Crippen molar-refractivity contribution in [3.8, 4) is 0 Å². The van der Waals surface area contributed by atoms with Gasteiger partial charge >= 0.3 is 0 Å². The van der Waals surface area contributed by atoms with Crippen LogP contribution in [-0.4, -0.2) is 37.0 Å². The van der Waals surface area contributed by atoms with Gasteiger partial charge in [0.2, 0.25) is 5.91 Å². The summed E-state index contributed by atoms with van der Waals surface area (Å²) in [7, 11) is 1.51. The summed E-state index contributed by atoms with van der Waals surface area (Å²) in [5.74, 6) is -0.503. The molecule has 6 nitrogen and oxygen atoms in total. The molecule has 2 rings (SSSR count). The highest BCUT2D eigenvalue weighted by atomic mass is 19.1. The van der Waals surface area contributed by atoms with Gasteiger partial charge in [0.15, 0.2) is 0 Å². The number of carbonyl (C=O) groups excluding carboxylic acids is 1. The maximum absolute atomic E-state index is 13.1. The van der Waals surface area contributed by atoms with Gasteiger partial charge in [0.25, 0.3) is 0 Å². The first-order valence-corrected chi connectivity index (χ1v) is 9.05. The molecule has 0 radical (unpaired) electrons. The highest BCUT2D eigenvalue weighted by Crippen LogP contribution is 2.09. The topological polar surface area (TPSA) is 79.8 Å². The molecule has 152 valence electrons. The summed E-state index contributed by atoms with van der Waals surface area (Å²) in [5, 5.41) is 15.8. The second kappa shape index (κ2) is 11.5. The smallest absolute Gasteiger partial charge is 0.217 e. The maximum atomic E-state index is 13.1. The van der Waals surface area contributed by atoms with E-state index in [0.29, 0.717) is 19.8 Å². The van der Waals surface area contributed by atoms with Gasteiger partial charge in [0, 0.05) is 20.6 Å². The number of aliphatic hydroxyl groups is 1. The van der Waals surface area contributed by atoms with Crippen LogP contribution in [0.25, 0.3) is 0 Å². The van der Waals surface area contributed by atoms with Gasteiger partial charge in [-0.15, -0.1) is 0 Å². The molecule has 2 aromatic rings. The Hall–Kier alpha value is -2.32. The minimum absolute atomic E-state index is 0.204. The lowest BCUT2D eigenvalue weighted by molar-refractivity contribution is -0.121. The second-order valence-electron chi connectivity index (χ2n) is 6.53. The average molecular weight is 390 g/mol. The fourth-order valence-corrected chi connectivity index (χ4v) is 2.68. The molecule has 3 N–H and O–H groups in total. The number of rotatable bonds is 11. The molecule has 2 unspecified atom stereocenters. The zero-order valence-electron chi connectivity index (χ0n) is 16.2. The van der Waals surface area contributed by atoms with Crippen molar-refractivity contribution in [2.24, 2.45) is 0 Å². The van der Waals surface area contributed by atoms with Gasteiger partial charge in [-0.25, -0.2) is 4.39 Å².